The van der Waals surface area contributed by atoms with Gasteiger partial charge in [-0.1, -0.05) is 104 Å². The van der Waals surface area contributed by atoms with Crippen molar-refractivity contribution in [3.8, 4) is 90.6 Å². The zero-order valence-corrected chi connectivity index (χ0v) is 71.2. The molecule has 9 aromatic carbocycles. The van der Waals surface area contributed by atoms with E-state index in [1.54, 1.807) is 5.56 Å². The van der Waals surface area contributed by atoms with E-state index in [9.17, 15) is 0 Å². The van der Waals surface area contributed by atoms with Gasteiger partial charge in [0.15, 0.2) is 18.6 Å². The molecule has 8 aromatic heterocycles. The third-order valence-electron chi connectivity index (χ3n) is 27.2. The Morgan fingerprint density at radius 2 is 0.729 bits per heavy atom. The second kappa shape index (κ2) is 31.6. The van der Waals surface area contributed by atoms with Gasteiger partial charge in [0, 0.05) is 115 Å². The molecule has 8 heterocycles. The van der Waals surface area contributed by atoms with Crippen molar-refractivity contribution in [1.29, 1.82) is 0 Å². The number of benzene rings is 9. The highest BCUT2D eigenvalue weighted by Crippen LogP contribution is 2.61. The van der Waals surface area contributed by atoms with Gasteiger partial charge >= 0.3 is 0 Å². The summed E-state index contributed by atoms with van der Waals surface area (Å²) in [5.74, 6) is 7.65. The predicted molar refractivity (Wildman–Crippen MR) is 483 cm³/mol. The summed E-state index contributed by atoms with van der Waals surface area (Å²) in [5.41, 5.74) is 36.1. The van der Waals surface area contributed by atoms with Crippen LogP contribution in [0.4, 0.5) is 0 Å². The molecular formula is C106H110N12+4. The minimum atomic E-state index is 0.351. The highest BCUT2D eigenvalue weighted by Gasteiger charge is 2.52. The van der Waals surface area contributed by atoms with Crippen molar-refractivity contribution < 1.29 is 18.3 Å². The number of hydrogen-bond donors (Lipinski definition) is 0. The van der Waals surface area contributed by atoms with Crippen LogP contribution in [0.25, 0.3) is 146 Å². The number of aromatic nitrogens is 12. The van der Waals surface area contributed by atoms with E-state index in [0.717, 1.165) is 74.2 Å². The average Bonchev–Trinajstić information content (AvgIpc) is 0.773. The van der Waals surface area contributed by atoms with E-state index in [1.807, 2.05) is 12.1 Å². The maximum Gasteiger partial charge on any atom is 0.213 e. The quantitative estimate of drug-likeness (QED) is 0.128. The van der Waals surface area contributed by atoms with Crippen LogP contribution in [0.2, 0.25) is 0 Å². The lowest BCUT2D eigenvalue weighted by Gasteiger charge is -2.57. The van der Waals surface area contributed by atoms with Crippen molar-refractivity contribution in [1.82, 2.24) is 38.2 Å². The van der Waals surface area contributed by atoms with E-state index >= 15 is 0 Å². The molecule has 22 rings (SSSR count). The molecule has 0 N–H and O–H groups in total. The number of rotatable bonds is 10. The van der Waals surface area contributed by atoms with Crippen molar-refractivity contribution in [2.75, 3.05) is 0 Å². The Labute approximate surface area is 695 Å². The number of nitrogens with zero attached hydrogens (tertiary/aromatic N) is 12. The van der Waals surface area contributed by atoms with Crippen molar-refractivity contribution in [2.45, 2.75) is 124 Å². The average molecular weight is 1550 g/mol. The van der Waals surface area contributed by atoms with Gasteiger partial charge in [-0.2, -0.15) is 4.57 Å². The fourth-order valence-electron chi connectivity index (χ4n) is 21.1. The van der Waals surface area contributed by atoms with Crippen LogP contribution in [0.3, 0.4) is 0 Å². The largest absolute Gasteiger partial charge is 0.327 e. The molecule has 590 valence electrons. The van der Waals surface area contributed by atoms with Gasteiger partial charge < -0.3 is 18.3 Å². The summed E-state index contributed by atoms with van der Waals surface area (Å²) < 4.78 is 17.9. The fourth-order valence-corrected chi connectivity index (χ4v) is 21.1. The molecule has 0 atom stereocenters. The van der Waals surface area contributed by atoms with E-state index in [2.05, 4.69) is 378 Å². The molecule has 5 saturated carbocycles. The maximum atomic E-state index is 5.14. The second-order valence-corrected chi connectivity index (χ2v) is 34.8. The van der Waals surface area contributed by atoms with Crippen LogP contribution < -0.4 is 18.3 Å². The summed E-state index contributed by atoms with van der Waals surface area (Å²) in [5, 5.41) is 1.25. The molecule has 5 aliphatic carbocycles. The summed E-state index contributed by atoms with van der Waals surface area (Å²) >= 11 is 0. The van der Waals surface area contributed by atoms with Gasteiger partial charge in [0.05, 0.1) is 55.3 Å². The highest BCUT2D eigenvalue weighted by molar-refractivity contribution is 5.88. The molecule has 118 heavy (non-hydrogen) atoms. The van der Waals surface area contributed by atoms with Crippen LogP contribution in [0.15, 0.2) is 255 Å². The van der Waals surface area contributed by atoms with Gasteiger partial charge in [-0.25, -0.2) is 33.6 Å². The summed E-state index contributed by atoms with van der Waals surface area (Å²) in [6.45, 7) is 13.2. The monoisotopic (exact) mass is 1550 g/mol. The van der Waals surface area contributed by atoms with Crippen molar-refractivity contribution in [3.05, 3.63) is 300 Å². The Bertz CT molecular complexity index is 6690. The Morgan fingerprint density at radius 3 is 1.25 bits per heavy atom. The zero-order chi connectivity index (χ0) is 81.4. The zero-order valence-electron chi connectivity index (χ0n) is 71.2. The van der Waals surface area contributed by atoms with Crippen LogP contribution >= 0.6 is 0 Å². The molecule has 12 nitrogen and oxygen atoms in total. The van der Waals surface area contributed by atoms with Crippen molar-refractivity contribution >= 4 is 55.0 Å². The molecule has 12 heteroatoms. The first-order chi connectivity index (χ1) is 57.2. The molecule has 0 unspecified atom stereocenters. The molecule has 0 saturated heterocycles. The number of imidazole rings is 4. The molecule has 0 radical (unpaired) electrons. The van der Waals surface area contributed by atoms with Crippen LogP contribution in [-0.4, -0.2) is 38.2 Å². The van der Waals surface area contributed by atoms with E-state index in [4.69, 9.17) is 19.9 Å². The lowest BCUT2D eigenvalue weighted by atomic mass is 9.48. The molecule has 0 amide bonds. The number of fused-ring (bicyclic) bond motifs is 5. The molecule has 5 fully saturated rings. The lowest BCUT2D eigenvalue weighted by molar-refractivity contribution is -0.660. The number of para-hydroxylation sites is 9. The molecule has 0 aliphatic heterocycles. The summed E-state index contributed by atoms with van der Waals surface area (Å²) in [7, 11) is 17.0. The number of pyridine rings is 4. The van der Waals surface area contributed by atoms with Crippen LogP contribution in [0.5, 0.6) is 0 Å². The van der Waals surface area contributed by atoms with Gasteiger partial charge in [0.2, 0.25) is 28.3 Å². The normalized spacial score (nSPS) is 16.9. The Kier molecular flexibility index (Phi) is 20.6. The lowest BCUT2D eigenvalue weighted by Crippen LogP contribution is -2.48. The van der Waals surface area contributed by atoms with Gasteiger partial charge in [-0.3, -0.25) is 0 Å². The third kappa shape index (κ3) is 14.2. The molecule has 4 bridgehead atoms. The maximum absolute atomic E-state index is 5.14. The third-order valence-corrected chi connectivity index (χ3v) is 27.2. The topological polar surface area (TPSA) is 86.8 Å². The smallest absolute Gasteiger partial charge is 0.213 e. The minimum absolute atomic E-state index is 0.351. The van der Waals surface area contributed by atoms with Crippen LogP contribution in [0, 0.1) is 59.3 Å². The molecular weight excluding hydrogens is 1440 g/mol. The summed E-state index contributed by atoms with van der Waals surface area (Å²) in [6.07, 6.45) is 21.9. The van der Waals surface area contributed by atoms with Crippen LogP contribution in [-0.2, 0) is 61.8 Å². The summed E-state index contributed by atoms with van der Waals surface area (Å²) in [4.78, 5) is 19.9. The Morgan fingerprint density at radius 1 is 0.322 bits per heavy atom. The van der Waals surface area contributed by atoms with Gasteiger partial charge in [-0.15, -0.1) is 0 Å². The molecule has 5 aliphatic rings. The first kappa shape index (κ1) is 77.0. The van der Waals surface area contributed by atoms with Crippen molar-refractivity contribution in [3.63, 3.8) is 0 Å². The van der Waals surface area contributed by atoms with Crippen LogP contribution in [0.1, 0.15) is 121 Å². The van der Waals surface area contributed by atoms with Crippen molar-refractivity contribution in [2.24, 2.45) is 74.1 Å². The first-order valence-electron chi connectivity index (χ1n) is 42.7. The fraction of sp³-hybridized carbons (Fsp3) is 0.283. The number of hydrogen-bond acceptors (Lipinski definition) is 4. The van der Waals surface area contributed by atoms with E-state index < -0.39 is 0 Å². The second-order valence-electron chi connectivity index (χ2n) is 34.8. The first-order valence-corrected chi connectivity index (χ1v) is 42.7. The van der Waals surface area contributed by atoms with E-state index in [-0.39, 0.29) is 0 Å². The van der Waals surface area contributed by atoms with Gasteiger partial charge in [-0.05, 0) is 270 Å². The molecule has 17 aromatic rings. The summed E-state index contributed by atoms with van der Waals surface area (Å²) in [6, 6.07) is 84.8. The van der Waals surface area contributed by atoms with E-state index in [1.165, 1.54) is 199 Å². The van der Waals surface area contributed by atoms with Gasteiger partial charge in [0.1, 0.15) is 51.5 Å². The SMILES string of the molecule is Cc1c(-c2nc3ccccc3n2C)cc(C23CC4CC(CC(C4)C2)C3)cc1-c1cccc[n+]1C.Cc1c(-c2nc3ccccc3n2C)cccc1-c1cc(C2CCCCC2)cc[n+]1C.Cc1c(-c2nc3ccccc3n2C)cccc1-c1ccc2ccccc2[n+]1C.Cc1cc(-c2nc3ccccc3n2C)c(C)c(-c2cc(C)cc[n+]2C)c1. The molecule has 0 spiro atoms. The minimum Gasteiger partial charge on any atom is -0.327 e. The Hall–Kier alpha value is -12.3. The predicted octanol–water partition coefficient (Wildman–Crippen LogP) is 22.4. The van der Waals surface area contributed by atoms with E-state index in [0.29, 0.717) is 11.3 Å². The van der Waals surface area contributed by atoms with Gasteiger partial charge in [0.25, 0.3) is 0 Å². The number of aryl methyl sites for hydroxylation is 10. The highest BCUT2D eigenvalue weighted by atomic mass is 15.1. The standard InChI is InChI=1S/C31H34N3.C27H30N3.C25H22N3.C23H24N3/c1-20-25(28-9-6-7-11-33(28)2)15-24(31-17-21-12-22(18-31)14-23(13-21)19-31)16-26(20)30-32-27-8-4-5-10-29(27)34(30)3;1-19-22(26-18-21(16-17-29(26)2)20-10-5-4-6-11-20)12-9-13-23(19)27-28-24-14-7-8-15-25(24)30(27)3;1-17-19(23-16-15-18-9-4-6-13-22(18)27(23)2)10-8-11-20(17)25-26-21-12-5-7-14-24(21)28(25)3;1-15-10-11-25(4)22(14-15)18-12-16(2)13-19(17(18)3)23-24-20-8-6-7-9-21(20)26(23)5/h4-11,15-16,21-23H,12-14,17-19H2,1-3H3;7-9,12-18,20H,4-6,10-11H2,1-3H3;4-16H,1-3H3;6-14H,1-5H3/q4*+1. The Balaban J connectivity index is 0.000000109.